The maximum Gasteiger partial charge on any atom is 0.271 e. The van der Waals surface area contributed by atoms with Gasteiger partial charge in [0.15, 0.2) is 0 Å². The highest BCUT2D eigenvalue weighted by Crippen LogP contribution is 2.28. The van der Waals surface area contributed by atoms with Gasteiger partial charge in [0, 0.05) is 23.7 Å². The van der Waals surface area contributed by atoms with Crippen LogP contribution in [0.2, 0.25) is 10.0 Å². The molecule has 3 aromatic rings. The molecule has 0 spiro atoms. The Kier molecular flexibility index (Phi) is 9.40. The third-order valence-electron chi connectivity index (χ3n) is 6.27. The largest absolute Gasteiger partial charge is 0.271 e. The van der Waals surface area contributed by atoms with E-state index in [1.807, 2.05) is 0 Å². The van der Waals surface area contributed by atoms with Gasteiger partial charge < -0.3 is 0 Å². The van der Waals surface area contributed by atoms with Crippen molar-refractivity contribution in [3.05, 3.63) is 101 Å². The number of nitrogens with zero attached hydrogens (tertiary/aromatic N) is 2. The number of anilines is 1. The molecule has 216 valence electrons. The monoisotopic (exact) mass is 636 g/mol. The SMILES string of the molecule is C=CCN(c1ccc(Cl)cc1)S(=O)(=O)c1ccc(Cl)c(C(=O)NNC(=O)c2cccc(S(=O)(=O)N3CCCC3)c2)c1. The average Bonchev–Trinajstić information content (AvgIpc) is 3.51. The molecule has 4 rings (SSSR count). The van der Waals surface area contributed by atoms with E-state index in [1.165, 1.54) is 58.9 Å². The van der Waals surface area contributed by atoms with Crippen molar-refractivity contribution in [2.24, 2.45) is 0 Å². The van der Waals surface area contributed by atoms with E-state index < -0.39 is 31.9 Å². The van der Waals surface area contributed by atoms with Crippen molar-refractivity contribution in [2.45, 2.75) is 22.6 Å². The van der Waals surface area contributed by atoms with Crippen LogP contribution in [0.3, 0.4) is 0 Å². The molecule has 1 fully saturated rings. The van der Waals surface area contributed by atoms with Gasteiger partial charge in [-0.25, -0.2) is 16.8 Å². The van der Waals surface area contributed by atoms with Crippen LogP contribution in [0.15, 0.2) is 89.2 Å². The lowest BCUT2D eigenvalue weighted by Crippen LogP contribution is -2.42. The van der Waals surface area contributed by atoms with Crippen molar-refractivity contribution in [3.63, 3.8) is 0 Å². The van der Waals surface area contributed by atoms with Gasteiger partial charge in [-0.2, -0.15) is 4.31 Å². The molecule has 0 atom stereocenters. The first kappa shape index (κ1) is 30.5. The molecule has 0 unspecified atom stereocenters. The van der Waals surface area contributed by atoms with Crippen molar-refractivity contribution in [3.8, 4) is 0 Å². The summed E-state index contributed by atoms with van der Waals surface area (Å²) in [5, 5.41) is 0.369. The van der Waals surface area contributed by atoms with Crippen molar-refractivity contribution < 1.29 is 26.4 Å². The first-order valence-corrected chi connectivity index (χ1v) is 16.0. The quantitative estimate of drug-likeness (QED) is 0.267. The molecule has 2 N–H and O–H groups in total. The van der Waals surface area contributed by atoms with Crippen LogP contribution < -0.4 is 15.2 Å². The highest BCUT2D eigenvalue weighted by atomic mass is 35.5. The van der Waals surface area contributed by atoms with Crippen molar-refractivity contribution in [1.29, 1.82) is 0 Å². The molecule has 0 aliphatic carbocycles. The van der Waals surface area contributed by atoms with Crippen LogP contribution in [0.25, 0.3) is 0 Å². The van der Waals surface area contributed by atoms with Gasteiger partial charge >= 0.3 is 0 Å². The van der Waals surface area contributed by atoms with E-state index in [0.29, 0.717) is 23.8 Å². The lowest BCUT2D eigenvalue weighted by molar-refractivity contribution is 0.0846. The van der Waals surface area contributed by atoms with E-state index in [4.69, 9.17) is 23.2 Å². The molecule has 14 heteroatoms. The number of carbonyl (C=O) groups excluding carboxylic acids is 2. The normalized spacial score (nSPS) is 13.9. The average molecular weight is 638 g/mol. The van der Waals surface area contributed by atoms with Gasteiger partial charge in [-0.1, -0.05) is 35.3 Å². The molecule has 10 nitrogen and oxygen atoms in total. The first-order chi connectivity index (χ1) is 19.4. The molecule has 0 aromatic heterocycles. The van der Waals surface area contributed by atoms with Crippen LogP contribution in [0, 0.1) is 0 Å². The van der Waals surface area contributed by atoms with Gasteiger partial charge in [0.1, 0.15) is 0 Å². The zero-order valence-corrected chi connectivity index (χ0v) is 24.7. The Morgan fingerprint density at radius 1 is 0.878 bits per heavy atom. The summed E-state index contributed by atoms with van der Waals surface area (Å²) in [6.45, 7) is 4.39. The Bertz CT molecular complexity index is 1690. The Morgan fingerprint density at radius 3 is 2.20 bits per heavy atom. The smallest absolute Gasteiger partial charge is 0.267 e. The Hall–Kier alpha value is -3.42. The summed E-state index contributed by atoms with van der Waals surface area (Å²) < 4.78 is 55.2. The second-order valence-electron chi connectivity index (χ2n) is 8.99. The molecular formula is C27H26Cl2N4O6S2. The highest BCUT2D eigenvalue weighted by Gasteiger charge is 2.28. The van der Waals surface area contributed by atoms with E-state index in [9.17, 15) is 26.4 Å². The fourth-order valence-corrected chi connectivity index (χ4v) is 7.52. The Labute approximate surface area is 248 Å². The van der Waals surface area contributed by atoms with Crippen LogP contribution >= 0.6 is 23.2 Å². The van der Waals surface area contributed by atoms with Gasteiger partial charge in [0.2, 0.25) is 10.0 Å². The molecule has 1 aliphatic heterocycles. The van der Waals surface area contributed by atoms with E-state index >= 15 is 0 Å². The summed E-state index contributed by atoms with van der Waals surface area (Å²) in [6, 6.07) is 15.2. The van der Waals surface area contributed by atoms with Gasteiger partial charge in [-0.15, -0.1) is 6.58 Å². The molecule has 0 saturated carbocycles. The Morgan fingerprint density at radius 2 is 1.54 bits per heavy atom. The van der Waals surface area contributed by atoms with Crippen molar-refractivity contribution in [1.82, 2.24) is 15.2 Å². The number of amides is 2. The zero-order valence-electron chi connectivity index (χ0n) is 21.6. The van der Waals surface area contributed by atoms with Gasteiger partial charge in [0.05, 0.1) is 32.6 Å². The number of hydrazine groups is 1. The van der Waals surface area contributed by atoms with Crippen molar-refractivity contribution >= 4 is 60.8 Å². The number of sulfonamides is 2. The third-order valence-corrected chi connectivity index (χ3v) is 10.5. The predicted octanol–water partition coefficient (Wildman–Crippen LogP) is 4.23. The lowest BCUT2D eigenvalue weighted by atomic mass is 10.2. The molecule has 0 radical (unpaired) electrons. The number of nitrogens with one attached hydrogen (secondary N) is 2. The molecule has 2 amide bonds. The zero-order chi connectivity index (χ0) is 29.8. The van der Waals surface area contributed by atoms with Crippen LogP contribution in [-0.4, -0.2) is 52.6 Å². The summed E-state index contributed by atoms with van der Waals surface area (Å²) in [4.78, 5) is 25.4. The summed E-state index contributed by atoms with van der Waals surface area (Å²) >= 11 is 12.1. The molecule has 0 bridgehead atoms. The molecule has 1 heterocycles. The number of carbonyl (C=O) groups is 2. The second-order valence-corrected chi connectivity index (χ2v) is 13.6. The minimum atomic E-state index is -4.17. The minimum Gasteiger partial charge on any atom is -0.267 e. The van der Waals surface area contributed by atoms with Crippen molar-refractivity contribution in [2.75, 3.05) is 23.9 Å². The standard InChI is InChI=1S/C27H26Cl2N4O6S2/c1-2-14-33(21-10-8-20(28)9-11-21)41(38,39)23-12-13-25(29)24(18-23)27(35)31-30-26(34)19-6-5-7-22(17-19)40(36,37)32-15-3-4-16-32/h2,5-13,17-18H,1,3-4,14-16H2,(H,30,34)(H,31,35). The molecule has 3 aromatic carbocycles. The summed E-state index contributed by atoms with van der Waals surface area (Å²) in [7, 11) is -7.92. The van der Waals surface area contributed by atoms with Crippen LogP contribution in [0.1, 0.15) is 33.6 Å². The topological polar surface area (TPSA) is 133 Å². The van der Waals surface area contributed by atoms with E-state index in [1.54, 1.807) is 12.1 Å². The third kappa shape index (κ3) is 6.74. The number of rotatable bonds is 9. The van der Waals surface area contributed by atoms with Crippen LogP contribution in [0.5, 0.6) is 0 Å². The number of hydrogen-bond donors (Lipinski definition) is 2. The molecule has 1 saturated heterocycles. The van der Waals surface area contributed by atoms with Gasteiger partial charge in [-0.3, -0.25) is 24.7 Å². The number of halogens is 2. The summed E-state index contributed by atoms with van der Waals surface area (Å²) in [5.41, 5.74) is 4.53. The van der Waals surface area contributed by atoms with Crippen LogP contribution in [0.4, 0.5) is 5.69 Å². The van der Waals surface area contributed by atoms with Gasteiger partial charge in [0.25, 0.3) is 21.8 Å². The maximum atomic E-state index is 13.5. The Balaban J connectivity index is 1.52. The fraction of sp³-hybridized carbons (Fsp3) is 0.185. The maximum absolute atomic E-state index is 13.5. The predicted molar refractivity (Wildman–Crippen MR) is 157 cm³/mol. The first-order valence-electron chi connectivity index (χ1n) is 12.3. The van der Waals surface area contributed by atoms with Gasteiger partial charge in [-0.05, 0) is 73.5 Å². The van der Waals surface area contributed by atoms with Crippen LogP contribution in [-0.2, 0) is 20.0 Å². The minimum absolute atomic E-state index is 0.00368. The fourth-order valence-electron chi connectivity index (χ4n) is 4.16. The second kappa shape index (κ2) is 12.6. The highest BCUT2D eigenvalue weighted by molar-refractivity contribution is 7.92. The summed E-state index contributed by atoms with van der Waals surface area (Å²) in [5.74, 6) is -1.67. The van der Waals surface area contributed by atoms with E-state index in [2.05, 4.69) is 17.4 Å². The lowest BCUT2D eigenvalue weighted by Gasteiger charge is -2.23. The molecule has 1 aliphatic rings. The molecule has 41 heavy (non-hydrogen) atoms. The number of benzene rings is 3. The van der Waals surface area contributed by atoms with E-state index in [0.717, 1.165) is 23.2 Å². The molecular weight excluding hydrogens is 611 g/mol. The summed E-state index contributed by atoms with van der Waals surface area (Å²) in [6.07, 6.45) is 2.95. The number of hydrogen-bond acceptors (Lipinski definition) is 6. The van der Waals surface area contributed by atoms with E-state index in [-0.39, 0.29) is 32.5 Å².